The van der Waals surface area contributed by atoms with E-state index in [1.165, 1.54) is 0 Å². The number of nitrogens with two attached hydrogens (primary N) is 4. The van der Waals surface area contributed by atoms with E-state index in [0.717, 1.165) is 36.5 Å². The van der Waals surface area contributed by atoms with Crippen LogP contribution in [0.15, 0.2) is 117 Å². The molecule has 4 aromatic carbocycles. The van der Waals surface area contributed by atoms with Crippen molar-refractivity contribution in [2.75, 3.05) is 66.6 Å². The first-order valence-corrected chi connectivity index (χ1v) is 23.7. The second-order valence-corrected chi connectivity index (χ2v) is 18.4. The molecule has 0 aliphatic heterocycles. The molecule has 62 heavy (non-hydrogen) atoms. The fourth-order valence-corrected chi connectivity index (χ4v) is 7.73. The van der Waals surface area contributed by atoms with Crippen LogP contribution in [0.2, 0.25) is 0 Å². The molecule has 0 aliphatic carbocycles. The molecule has 0 saturated carbocycles. The van der Waals surface area contributed by atoms with Gasteiger partial charge in [-0.25, -0.2) is 33.7 Å². The van der Waals surface area contributed by atoms with E-state index in [1.54, 1.807) is 97.1 Å². The quantitative estimate of drug-likeness (QED) is 0.0878. The zero-order valence-electron chi connectivity index (χ0n) is 36.2. The maximum Gasteiger partial charge on any atom is 2.00 e. The largest absolute Gasteiger partial charge is 2.00 e. The molecule has 4 rings (SSSR count). The van der Waals surface area contributed by atoms with Crippen molar-refractivity contribution < 1.29 is 82.8 Å². The Hall–Kier alpha value is -2.47. The molecule has 4 aromatic rings. The summed E-state index contributed by atoms with van der Waals surface area (Å²) in [6, 6.07) is 26.3. The fourth-order valence-electron chi connectivity index (χ4n) is 3.83. The molecule has 0 heterocycles. The molecule has 0 fully saturated rings. The number of hydrogen-bond donors (Lipinski definition) is 6. The van der Waals surface area contributed by atoms with Crippen LogP contribution in [0.25, 0.3) is 18.9 Å². The van der Waals surface area contributed by atoms with E-state index in [2.05, 4.69) is 18.9 Å². The SMILES string of the molecule is CO.CO.Cc1ccc(S(=O)(=O)[N-]CCN)cc1.Cc1ccc(S(=O)(=O)[N-]CCN)cc1.Cc1ccc(S(=O)(=O)[N-]CCN)cc1.Cc1ccc(S(=O)(=O)[N-]CCN)cc1.[Zn+2].[Zn+2]. The van der Waals surface area contributed by atoms with Crippen LogP contribution in [0.4, 0.5) is 0 Å². The molecule has 0 amide bonds. The molecule has 0 saturated heterocycles. The Balaban J connectivity index is -0.000000348. The van der Waals surface area contributed by atoms with Gasteiger partial charge in [-0.15, -0.1) is 26.2 Å². The van der Waals surface area contributed by atoms with Gasteiger partial charge in [0.15, 0.2) is 0 Å². The summed E-state index contributed by atoms with van der Waals surface area (Å²) in [7, 11) is -12.0. The van der Waals surface area contributed by atoms with Crippen molar-refractivity contribution in [2.24, 2.45) is 22.9 Å². The summed E-state index contributed by atoms with van der Waals surface area (Å²) in [5.74, 6) is 0. The Morgan fingerprint density at radius 3 is 0.581 bits per heavy atom. The Labute approximate surface area is 395 Å². The van der Waals surface area contributed by atoms with Crippen molar-refractivity contribution in [1.82, 2.24) is 0 Å². The van der Waals surface area contributed by atoms with Crippen LogP contribution in [0.1, 0.15) is 22.3 Å². The van der Waals surface area contributed by atoms with Crippen molar-refractivity contribution >= 4 is 40.1 Å². The number of aliphatic hydroxyl groups excluding tert-OH is 2. The van der Waals surface area contributed by atoms with Gasteiger partial charge in [-0.05, 0) is 102 Å². The third-order valence-electron chi connectivity index (χ3n) is 6.84. The van der Waals surface area contributed by atoms with Gasteiger partial charge in [0.1, 0.15) is 40.1 Å². The minimum absolute atomic E-state index is 0. The van der Waals surface area contributed by atoms with Crippen molar-refractivity contribution in [2.45, 2.75) is 47.3 Å². The minimum Gasteiger partial charge on any atom is -0.544 e. The predicted molar refractivity (Wildman–Crippen MR) is 239 cm³/mol. The van der Waals surface area contributed by atoms with Gasteiger partial charge in [0.25, 0.3) is 0 Å². The molecular formula is C38H60N8O10S4Zn2. The minimum atomic E-state index is -3.49. The maximum absolute atomic E-state index is 11.5. The number of nitrogens with zero attached hydrogens (tertiary/aromatic N) is 4. The molecule has 0 spiro atoms. The molecule has 0 aromatic heterocycles. The number of hydrogen-bond acceptors (Lipinski definition) is 14. The smallest absolute Gasteiger partial charge is 0.544 e. The summed E-state index contributed by atoms with van der Waals surface area (Å²) >= 11 is 0. The second-order valence-electron chi connectivity index (χ2n) is 11.7. The molecule has 340 valence electrons. The Bertz CT molecular complexity index is 1870. The summed E-state index contributed by atoms with van der Waals surface area (Å²) in [6.45, 7) is 9.09. The molecule has 0 bridgehead atoms. The van der Waals surface area contributed by atoms with Crippen molar-refractivity contribution in [3.63, 3.8) is 0 Å². The van der Waals surface area contributed by atoms with Gasteiger partial charge in [-0.1, -0.05) is 70.8 Å². The molecular weight excluding hydrogens is 988 g/mol. The standard InChI is InChI=1S/4C9H13N2O2S.2CH4O.2Zn/c4*1-8-2-4-9(5-3-8)14(12,13)11-7-6-10;2*1-2;;/h4*2-5H,6-7,10H2,1H3;2*2H,1H3;;/q4*-1;;;2*+2. The van der Waals surface area contributed by atoms with Gasteiger partial charge in [-0.3, -0.25) is 0 Å². The predicted octanol–water partition coefficient (Wildman–Crippen LogP) is 3.28. The molecule has 18 nitrogen and oxygen atoms in total. The van der Waals surface area contributed by atoms with E-state index in [4.69, 9.17) is 33.1 Å². The monoisotopic (exact) mass is 1040 g/mol. The van der Waals surface area contributed by atoms with Crippen molar-refractivity contribution in [1.29, 1.82) is 0 Å². The number of aliphatic hydroxyl groups is 2. The van der Waals surface area contributed by atoms with Gasteiger partial charge in [0, 0.05) is 33.8 Å². The maximum atomic E-state index is 11.5. The van der Waals surface area contributed by atoms with E-state index >= 15 is 0 Å². The van der Waals surface area contributed by atoms with Gasteiger partial charge >= 0.3 is 39.0 Å². The fraction of sp³-hybridized carbons (Fsp3) is 0.368. The van der Waals surface area contributed by atoms with Crippen LogP contribution >= 0.6 is 0 Å². The average molecular weight is 1050 g/mol. The summed E-state index contributed by atoms with van der Waals surface area (Å²) < 4.78 is 106. The first-order chi connectivity index (χ1) is 28.2. The van der Waals surface area contributed by atoms with Gasteiger partial charge in [0.05, 0.1) is 0 Å². The van der Waals surface area contributed by atoms with Gasteiger partial charge in [0.2, 0.25) is 0 Å². The Morgan fingerprint density at radius 2 is 0.468 bits per heavy atom. The summed E-state index contributed by atoms with van der Waals surface area (Å²) in [5, 5.41) is 14.0. The van der Waals surface area contributed by atoms with Crippen molar-refractivity contribution in [3.05, 3.63) is 138 Å². The van der Waals surface area contributed by atoms with Gasteiger partial charge in [-0.2, -0.15) is 0 Å². The third kappa shape index (κ3) is 27.7. The van der Waals surface area contributed by atoms with Crippen LogP contribution in [0, 0.1) is 27.7 Å². The van der Waals surface area contributed by atoms with E-state index in [1.807, 2.05) is 27.7 Å². The summed E-state index contributed by atoms with van der Waals surface area (Å²) in [6.07, 6.45) is 0. The number of benzene rings is 4. The summed E-state index contributed by atoms with van der Waals surface area (Å²) in [5.41, 5.74) is 24.8. The van der Waals surface area contributed by atoms with E-state index in [0.29, 0.717) is 0 Å². The van der Waals surface area contributed by atoms with Crippen molar-refractivity contribution in [3.8, 4) is 0 Å². The van der Waals surface area contributed by atoms with E-state index in [9.17, 15) is 33.7 Å². The van der Waals surface area contributed by atoms with E-state index < -0.39 is 40.1 Å². The zero-order valence-corrected chi connectivity index (χ0v) is 45.4. The van der Waals surface area contributed by atoms with Gasteiger partial charge < -0.3 is 52.0 Å². The Morgan fingerprint density at radius 1 is 0.339 bits per heavy atom. The molecule has 24 heteroatoms. The number of sulfonamides is 4. The zero-order chi connectivity index (χ0) is 46.4. The molecule has 0 aliphatic rings. The first-order valence-electron chi connectivity index (χ1n) is 18.0. The summed E-state index contributed by atoms with van der Waals surface area (Å²) in [4.78, 5) is 0.876. The molecule has 0 radical (unpaired) electrons. The number of rotatable bonds is 16. The van der Waals surface area contributed by atoms with Crippen LogP contribution < -0.4 is 22.9 Å². The first kappa shape index (κ1) is 66.1. The normalized spacial score (nSPS) is 10.6. The van der Waals surface area contributed by atoms with Crippen LogP contribution in [0.3, 0.4) is 0 Å². The van der Waals surface area contributed by atoms with Crippen LogP contribution in [-0.4, -0.2) is 110 Å². The third-order valence-corrected chi connectivity index (χ3v) is 12.4. The average Bonchev–Trinajstić information content (AvgIpc) is 3.23. The topological polar surface area (TPSA) is 337 Å². The molecule has 10 N–H and O–H groups in total. The molecule has 0 unspecified atom stereocenters. The van der Waals surface area contributed by atoms with Crippen LogP contribution in [0.5, 0.6) is 0 Å². The van der Waals surface area contributed by atoms with Crippen LogP contribution in [-0.2, 0) is 79.0 Å². The number of aryl methyl sites for hydroxylation is 4. The molecule has 0 atom stereocenters. The Kier molecular flexibility index (Phi) is 38.2. The second kappa shape index (κ2) is 35.8. The van der Waals surface area contributed by atoms with E-state index in [-0.39, 0.29) is 111 Å².